The number of anilines is 1. The Labute approximate surface area is 226 Å². The van der Waals surface area contributed by atoms with Gasteiger partial charge in [-0.3, -0.25) is 9.10 Å². The van der Waals surface area contributed by atoms with Gasteiger partial charge in [0.05, 0.1) is 31.3 Å². The standard InChI is InChI=1S/C28H27ClN2O6S/c1-35-26-15-14-23(18-27(26)36-2)38(33,34)31(22-12-10-21(29)11-13-22)19-28(32)30-16-17-37-25-9-5-7-20-6-3-4-8-24(20)25/h3-15,18H,16-17,19H2,1-2H3,(H,30,32). The van der Waals surface area contributed by atoms with Gasteiger partial charge in [-0.05, 0) is 47.9 Å². The molecule has 0 aromatic heterocycles. The van der Waals surface area contributed by atoms with E-state index in [1.165, 1.54) is 44.6 Å². The molecule has 0 radical (unpaired) electrons. The summed E-state index contributed by atoms with van der Waals surface area (Å²) >= 11 is 6.01. The van der Waals surface area contributed by atoms with E-state index in [9.17, 15) is 13.2 Å². The molecule has 0 saturated carbocycles. The van der Waals surface area contributed by atoms with Crippen molar-refractivity contribution < 1.29 is 27.4 Å². The summed E-state index contributed by atoms with van der Waals surface area (Å²) in [6.45, 7) is -0.0530. The van der Waals surface area contributed by atoms with Crippen LogP contribution in [0.5, 0.6) is 17.2 Å². The van der Waals surface area contributed by atoms with Crippen LogP contribution in [0, 0.1) is 0 Å². The average Bonchev–Trinajstić information content (AvgIpc) is 2.94. The maximum Gasteiger partial charge on any atom is 0.264 e. The molecule has 4 aromatic rings. The van der Waals surface area contributed by atoms with E-state index in [0.717, 1.165) is 15.1 Å². The highest BCUT2D eigenvalue weighted by Gasteiger charge is 2.28. The molecule has 0 unspecified atom stereocenters. The maximum absolute atomic E-state index is 13.7. The van der Waals surface area contributed by atoms with Crippen molar-refractivity contribution in [2.24, 2.45) is 0 Å². The van der Waals surface area contributed by atoms with E-state index >= 15 is 0 Å². The monoisotopic (exact) mass is 554 g/mol. The third-order valence-corrected chi connectivity index (χ3v) is 7.80. The Morgan fingerprint density at radius 2 is 1.58 bits per heavy atom. The summed E-state index contributed by atoms with van der Waals surface area (Å²) in [7, 11) is -1.28. The average molecular weight is 555 g/mol. The zero-order valence-corrected chi connectivity index (χ0v) is 22.5. The number of fused-ring (bicyclic) bond motifs is 1. The molecule has 10 heteroatoms. The summed E-state index contributed by atoms with van der Waals surface area (Å²) in [5.74, 6) is 0.842. The van der Waals surface area contributed by atoms with Crippen molar-refractivity contribution in [2.75, 3.05) is 38.2 Å². The molecule has 0 heterocycles. The molecule has 0 bridgehead atoms. The third-order valence-electron chi connectivity index (χ3n) is 5.78. The van der Waals surface area contributed by atoms with Gasteiger partial charge in [0.15, 0.2) is 11.5 Å². The van der Waals surface area contributed by atoms with Crippen molar-refractivity contribution >= 4 is 44.0 Å². The van der Waals surface area contributed by atoms with E-state index in [4.69, 9.17) is 25.8 Å². The minimum Gasteiger partial charge on any atom is -0.493 e. The lowest BCUT2D eigenvalue weighted by Gasteiger charge is -2.24. The van der Waals surface area contributed by atoms with Crippen molar-refractivity contribution in [1.29, 1.82) is 0 Å². The molecule has 0 atom stereocenters. The molecule has 8 nitrogen and oxygen atoms in total. The van der Waals surface area contributed by atoms with Gasteiger partial charge in [0.2, 0.25) is 5.91 Å². The number of nitrogens with one attached hydrogen (secondary N) is 1. The lowest BCUT2D eigenvalue weighted by Crippen LogP contribution is -2.41. The summed E-state index contributed by atoms with van der Waals surface area (Å²) < 4.78 is 44.7. The molecule has 0 fully saturated rings. The molecule has 4 rings (SSSR count). The van der Waals surface area contributed by atoms with Crippen LogP contribution in [0.4, 0.5) is 5.69 Å². The van der Waals surface area contributed by atoms with Crippen LogP contribution in [0.3, 0.4) is 0 Å². The molecule has 0 aliphatic heterocycles. The maximum atomic E-state index is 13.7. The SMILES string of the molecule is COc1ccc(S(=O)(=O)N(CC(=O)NCCOc2cccc3ccccc23)c2ccc(Cl)cc2)cc1OC. The predicted octanol–water partition coefficient (Wildman–Crippen LogP) is 4.90. The molecule has 0 aliphatic rings. The van der Waals surface area contributed by atoms with Gasteiger partial charge in [-0.1, -0.05) is 48.0 Å². The second kappa shape index (κ2) is 12.1. The molecule has 38 heavy (non-hydrogen) atoms. The Bertz CT molecular complexity index is 1520. The Kier molecular flexibility index (Phi) is 8.60. The van der Waals surface area contributed by atoms with Crippen LogP contribution in [0.2, 0.25) is 5.02 Å². The highest BCUT2D eigenvalue weighted by molar-refractivity contribution is 7.92. The van der Waals surface area contributed by atoms with E-state index < -0.39 is 22.5 Å². The lowest BCUT2D eigenvalue weighted by atomic mass is 10.1. The summed E-state index contributed by atoms with van der Waals surface area (Å²) in [5, 5.41) is 5.19. The van der Waals surface area contributed by atoms with Crippen LogP contribution >= 0.6 is 11.6 Å². The Morgan fingerprint density at radius 3 is 2.32 bits per heavy atom. The first-order valence-electron chi connectivity index (χ1n) is 11.7. The van der Waals surface area contributed by atoms with E-state index in [-0.39, 0.29) is 29.5 Å². The van der Waals surface area contributed by atoms with Crippen LogP contribution < -0.4 is 23.8 Å². The van der Waals surface area contributed by atoms with Gasteiger partial charge in [-0.2, -0.15) is 0 Å². The van der Waals surface area contributed by atoms with Gasteiger partial charge in [0.25, 0.3) is 10.0 Å². The second-order valence-electron chi connectivity index (χ2n) is 8.18. The first kappa shape index (κ1) is 27.1. The smallest absolute Gasteiger partial charge is 0.264 e. The quantitative estimate of drug-likeness (QED) is 0.265. The number of sulfonamides is 1. The number of amides is 1. The summed E-state index contributed by atoms with van der Waals surface area (Å²) in [6.07, 6.45) is 0. The number of carbonyl (C=O) groups is 1. The molecule has 4 aromatic carbocycles. The second-order valence-corrected chi connectivity index (χ2v) is 10.5. The molecule has 1 N–H and O–H groups in total. The van der Waals surface area contributed by atoms with Crippen molar-refractivity contribution in [3.63, 3.8) is 0 Å². The van der Waals surface area contributed by atoms with Gasteiger partial charge >= 0.3 is 0 Å². The Morgan fingerprint density at radius 1 is 0.868 bits per heavy atom. The largest absolute Gasteiger partial charge is 0.493 e. The zero-order valence-electron chi connectivity index (χ0n) is 20.9. The minimum absolute atomic E-state index is 0.0582. The van der Waals surface area contributed by atoms with Crippen LogP contribution in [0.15, 0.2) is 89.8 Å². The summed E-state index contributed by atoms with van der Waals surface area (Å²) in [5.41, 5.74) is 0.284. The molecule has 0 saturated heterocycles. The zero-order chi connectivity index (χ0) is 27.1. The van der Waals surface area contributed by atoms with E-state index in [1.54, 1.807) is 12.1 Å². The van der Waals surface area contributed by atoms with E-state index in [1.807, 2.05) is 42.5 Å². The fourth-order valence-corrected chi connectivity index (χ4v) is 5.45. The fraction of sp³-hybridized carbons (Fsp3) is 0.179. The number of hydrogen-bond acceptors (Lipinski definition) is 6. The lowest BCUT2D eigenvalue weighted by molar-refractivity contribution is -0.119. The molecule has 0 aliphatic carbocycles. The first-order chi connectivity index (χ1) is 18.3. The van der Waals surface area contributed by atoms with E-state index in [0.29, 0.717) is 16.5 Å². The number of hydrogen-bond donors (Lipinski definition) is 1. The van der Waals surface area contributed by atoms with Crippen molar-refractivity contribution in [3.8, 4) is 17.2 Å². The van der Waals surface area contributed by atoms with Gasteiger partial charge in [0.1, 0.15) is 18.9 Å². The number of halogens is 1. The van der Waals surface area contributed by atoms with Gasteiger partial charge in [-0.15, -0.1) is 0 Å². The molecular weight excluding hydrogens is 528 g/mol. The highest BCUT2D eigenvalue weighted by Crippen LogP contribution is 2.32. The molecule has 0 spiro atoms. The number of carbonyl (C=O) groups excluding carboxylic acids is 1. The van der Waals surface area contributed by atoms with Gasteiger partial charge in [0, 0.05) is 16.5 Å². The summed E-state index contributed by atoms with van der Waals surface area (Å²) in [6, 6.07) is 24.0. The predicted molar refractivity (Wildman–Crippen MR) is 148 cm³/mol. The van der Waals surface area contributed by atoms with Crippen LogP contribution in [-0.4, -0.2) is 48.2 Å². The minimum atomic E-state index is -4.15. The van der Waals surface area contributed by atoms with Crippen LogP contribution in [0.25, 0.3) is 10.8 Å². The molecular formula is C28H27ClN2O6S. The number of nitrogens with zero attached hydrogens (tertiary/aromatic N) is 1. The third kappa shape index (κ3) is 6.12. The Balaban J connectivity index is 1.48. The van der Waals surface area contributed by atoms with Crippen LogP contribution in [-0.2, 0) is 14.8 Å². The van der Waals surface area contributed by atoms with Gasteiger partial charge < -0.3 is 19.5 Å². The van der Waals surface area contributed by atoms with Gasteiger partial charge in [-0.25, -0.2) is 8.42 Å². The molecule has 1 amide bonds. The summed E-state index contributed by atoms with van der Waals surface area (Å²) in [4.78, 5) is 12.8. The number of rotatable bonds is 11. The highest BCUT2D eigenvalue weighted by atomic mass is 35.5. The number of methoxy groups -OCH3 is 2. The van der Waals surface area contributed by atoms with E-state index in [2.05, 4.69) is 5.32 Å². The van der Waals surface area contributed by atoms with Crippen molar-refractivity contribution in [1.82, 2.24) is 5.32 Å². The first-order valence-corrected chi connectivity index (χ1v) is 13.5. The van der Waals surface area contributed by atoms with Crippen molar-refractivity contribution in [3.05, 3.63) is 90.0 Å². The topological polar surface area (TPSA) is 94.2 Å². The van der Waals surface area contributed by atoms with Crippen molar-refractivity contribution in [2.45, 2.75) is 4.90 Å². The normalized spacial score (nSPS) is 11.1. The molecule has 198 valence electrons. The number of ether oxygens (including phenoxy) is 3. The Hall–Kier alpha value is -3.95. The number of benzene rings is 4. The fourth-order valence-electron chi connectivity index (χ4n) is 3.89. The van der Waals surface area contributed by atoms with Crippen LogP contribution in [0.1, 0.15) is 0 Å².